The molecule has 0 spiro atoms. The van der Waals surface area contributed by atoms with Gasteiger partial charge in [-0.1, -0.05) is 11.6 Å². The molecule has 1 saturated heterocycles. The fraction of sp³-hybridized carbons (Fsp3) is 0.429. The molecule has 1 aliphatic rings. The normalized spacial score (nSPS) is 17.6. The number of benzene rings is 1. The smallest absolute Gasteiger partial charge is 0.254 e. The molecule has 1 fully saturated rings. The molecule has 0 saturated carbocycles. The molecule has 1 amide bonds. The predicted octanol–water partition coefficient (Wildman–Crippen LogP) is 3.81. The number of likely N-dealkylation sites (tertiary alicyclic amines) is 1. The van der Waals surface area contributed by atoms with Crippen LogP contribution in [0.5, 0.6) is 0 Å². The van der Waals surface area contributed by atoms with Crippen LogP contribution in [-0.4, -0.2) is 34.9 Å². The molecule has 0 aromatic heterocycles. The van der Waals surface area contributed by atoms with E-state index in [-0.39, 0.29) is 10.7 Å². The third-order valence-corrected chi connectivity index (χ3v) is 6.07. The Bertz CT molecular complexity index is 565. The molecule has 0 unspecified atom stereocenters. The van der Waals surface area contributed by atoms with Crippen molar-refractivity contribution < 1.29 is 4.79 Å². The summed E-state index contributed by atoms with van der Waals surface area (Å²) in [7, 11) is 0. The van der Waals surface area contributed by atoms with Gasteiger partial charge in [0.15, 0.2) is 0 Å². The van der Waals surface area contributed by atoms with E-state index in [4.69, 9.17) is 11.6 Å². The Morgan fingerprint density at radius 2 is 2.15 bits per heavy atom. The van der Waals surface area contributed by atoms with Crippen LogP contribution in [0.25, 0.3) is 0 Å². The molecule has 0 N–H and O–H groups in total. The summed E-state index contributed by atoms with van der Waals surface area (Å²) in [5, 5.41) is 9.84. The van der Waals surface area contributed by atoms with Crippen molar-refractivity contribution in [3.05, 3.63) is 32.4 Å². The lowest BCUT2D eigenvalue weighted by Crippen LogP contribution is -2.44. The van der Waals surface area contributed by atoms with Crippen LogP contribution >= 0.6 is 46.0 Å². The van der Waals surface area contributed by atoms with E-state index in [9.17, 15) is 10.1 Å². The van der Waals surface area contributed by atoms with E-state index in [1.807, 2.05) is 17.2 Å². The molecule has 0 atom stereocenters. The summed E-state index contributed by atoms with van der Waals surface area (Å²) in [5.41, 5.74) is 0.645. The summed E-state index contributed by atoms with van der Waals surface area (Å²) >= 11 is 9.70. The van der Waals surface area contributed by atoms with Gasteiger partial charge >= 0.3 is 0 Å². The summed E-state index contributed by atoms with van der Waals surface area (Å²) < 4.78 is 0.567. The first-order chi connectivity index (χ1) is 9.51. The van der Waals surface area contributed by atoms with Crippen LogP contribution in [0.4, 0.5) is 0 Å². The van der Waals surface area contributed by atoms with E-state index >= 15 is 0 Å². The van der Waals surface area contributed by atoms with Gasteiger partial charge in [0.25, 0.3) is 5.91 Å². The Hall–Kier alpha value is -0.450. The zero-order valence-electron chi connectivity index (χ0n) is 11.0. The minimum atomic E-state index is -0.335. The maximum absolute atomic E-state index is 12.5. The molecule has 1 aromatic rings. The largest absolute Gasteiger partial charge is 0.338 e. The van der Waals surface area contributed by atoms with Crippen molar-refractivity contribution >= 4 is 51.9 Å². The van der Waals surface area contributed by atoms with Crippen molar-refractivity contribution in [1.82, 2.24) is 4.90 Å². The highest BCUT2D eigenvalue weighted by Gasteiger charge is 2.35. The summed E-state index contributed by atoms with van der Waals surface area (Å²) in [4.78, 5) is 14.4. The Labute approximate surface area is 141 Å². The fourth-order valence-corrected chi connectivity index (χ4v) is 3.68. The highest BCUT2D eigenvalue weighted by Crippen LogP contribution is 2.34. The molecule has 0 radical (unpaired) electrons. The van der Waals surface area contributed by atoms with Crippen molar-refractivity contribution in [2.45, 2.75) is 17.6 Å². The third-order valence-electron chi connectivity index (χ3n) is 3.61. The average molecular weight is 421 g/mol. The number of carbonyl (C=O) groups is 1. The van der Waals surface area contributed by atoms with Gasteiger partial charge in [-0.25, -0.2) is 0 Å². The number of amides is 1. The Balaban J connectivity index is 2.13. The molecule has 1 heterocycles. The van der Waals surface area contributed by atoms with Gasteiger partial charge in [-0.05, 0) is 59.9 Å². The molecule has 0 bridgehead atoms. The molecule has 106 valence electrons. The maximum atomic E-state index is 12.5. The Morgan fingerprint density at radius 3 is 2.70 bits per heavy atom. The van der Waals surface area contributed by atoms with E-state index < -0.39 is 0 Å². The number of hydrogen-bond acceptors (Lipinski definition) is 3. The summed E-state index contributed by atoms with van der Waals surface area (Å²) in [6.45, 7) is 1.24. The number of nitriles is 1. The van der Waals surface area contributed by atoms with E-state index in [2.05, 4.69) is 28.7 Å². The number of carbonyl (C=O) groups excluding carboxylic acids is 1. The standard InChI is InChI=1S/C14H14ClIN2OS/c1-20-14(9-17)4-6-18(7-5-14)13(19)11-8-10(15)2-3-12(11)16/h2-3,8H,4-7H2,1H3. The third kappa shape index (κ3) is 3.23. The maximum Gasteiger partial charge on any atom is 0.254 e. The van der Waals surface area contributed by atoms with E-state index in [0.29, 0.717) is 36.5 Å². The van der Waals surface area contributed by atoms with Crippen molar-refractivity contribution in [2.75, 3.05) is 19.3 Å². The minimum Gasteiger partial charge on any atom is -0.338 e. The number of rotatable bonds is 2. The quantitative estimate of drug-likeness (QED) is 0.684. The molecule has 1 aliphatic heterocycles. The summed E-state index contributed by atoms with van der Waals surface area (Å²) in [6.07, 6.45) is 3.39. The molecule has 0 aliphatic carbocycles. The van der Waals surface area contributed by atoms with Crippen LogP contribution < -0.4 is 0 Å². The zero-order chi connectivity index (χ0) is 14.8. The number of thioether (sulfide) groups is 1. The second-order valence-corrected chi connectivity index (χ2v) is 7.51. The van der Waals surface area contributed by atoms with Crippen LogP contribution in [0.1, 0.15) is 23.2 Å². The van der Waals surface area contributed by atoms with Crippen molar-refractivity contribution in [3.63, 3.8) is 0 Å². The van der Waals surface area contributed by atoms with Crippen molar-refractivity contribution in [3.8, 4) is 6.07 Å². The van der Waals surface area contributed by atoms with Gasteiger partial charge < -0.3 is 4.90 Å². The van der Waals surface area contributed by atoms with Gasteiger partial charge in [-0.3, -0.25) is 4.79 Å². The van der Waals surface area contributed by atoms with Crippen LogP contribution in [0.3, 0.4) is 0 Å². The highest BCUT2D eigenvalue weighted by molar-refractivity contribution is 14.1. The Kier molecular flexibility index (Phi) is 5.21. The molecule has 2 rings (SSSR count). The second kappa shape index (κ2) is 6.54. The SMILES string of the molecule is CSC1(C#N)CCN(C(=O)c2cc(Cl)ccc2I)CC1. The van der Waals surface area contributed by atoms with E-state index in [1.165, 1.54) is 0 Å². The van der Waals surface area contributed by atoms with E-state index in [0.717, 1.165) is 3.57 Å². The van der Waals surface area contributed by atoms with Gasteiger partial charge in [-0.15, -0.1) is 11.8 Å². The topological polar surface area (TPSA) is 44.1 Å². The number of nitrogens with zero attached hydrogens (tertiary/aromatic N) is 2. The second-order valence-electron chi connectivity index (χ2n) is 4.73. The number of halogens is 2. The van der Waals surface area contributed by atoms with Gasteiger partial charge in [0, 0.05) is 21.7 Å². The molecule has 6 heteroatoms. The minimum absolute atomic E-state index is 0.00421. The van der Waals surface area contributed by atoms with Crippen LogP contribution in [0.15, 0.2) is 18.2 Å². The lowest BCUT2D eigenvalue weighted by molar-refractivity contribution is 0.0715. The number of hydrogen-bond donors (Lipinski definition) is 0. The monoisotopic (exact) mass is 420 g/mol. The van der Waals surface area contributed by atoms with Crippen LogP contribution in [0.2, 0.25) is 5.02 Å². The van der Waals surface area contributed by atoms with Crippen LogP contribution in [0, 0.1) is 14.9 Å². The molecular weight excluding hydrogens is 407 g/mol. The molecule has 20 heavy (non-hydrogen) atoms. The Morgan fingerprint density at radius 1 is 1.50 bits per heavy atom. The molecular formula is C14H14ClIN2OS. The fourth-order valence-electron chi connectivity index (χ4n) is 2.26. The number of piperidine rings is 1. The van der Waals surface area contributed by atoms with Crippen molar-refractivity contribution in [1.29, 1.82) is 5.26 Å². The van der Waals surface area contributed by atoms with Crippen molar-refractivity contribution in [2.24, 2.45) is 0 Å². The van der Waals surface area contributed by atoms with Crippen LogP contribution in [-0.2, 0) is 0 Å². The van der Waals surface area contributed by atoms with Gasteiger partial charge in [-0.2, -0.15) is 5.26 Å². The lowest BCUT2D eigenvalue weighted by atomic mass is 9.96. The first-order valence-corrected chi connectivity index (χ1v) is 8.90. The first kappa shape index (κ1) is 15.9. The van der Waals surface area contributed by atoms with Gasteiger partial charge in [0.2, 0.25) is 0 Å². The van der Waals surface area contributed by atoms with Gasteiger partial charge in [0.05, 0.1) is 11.6 Å². The van der Waals surface area contributed by atoms with Gasteiger partial charge in [0.1, 0.15) is 4.75 Å². The highest BCUT2D eigenvalue weighted by atomic mass is 127. The molecule has 3 nitrogen and oxygen atoms in total. The summed E-state index contributed by atoms with van der Waals surface area (Å²) in [6, 6.07) is 7.74. The first-order valence-electron chi connectivity index (χ1n) is 6.22. The predicted molar refractivity (Wildman–Crippen MR) is 91.2 cm³/mol. The van der Waals surface area contributed by atoms with E-state index in [1.54, 1.807) is 23.9 Å². The zero-order valence-corrected chi connectivity index (χ0v) is 14.8. The molecule has 1 aromatic carbocycles. The average Bonchev–Trinajstić information content (AvgIpc) is 2.49. The lowest BCUT2D eigenvalue weighted by Gasteiger charge is -2.36. The summed E-state index contributed by atoms with van der Waals surface area (Å²) in [5.74, 6) is 0.00421.